The van der Waals surface area contributed by atoms with Crippen LogP contribution in [0.2, 0.25) is 0 Å². The van der Waals surface area contributed by atoms with Crippen molar-refractivity contribution < 1.29 is 4.39 Å². The van der Waals surface area contributed by atoms with Crippen molar-refractivity contribution in [1.29, 1.82) is 5.41 Å². The summed E-state index contributed by atoms with van der Waals surface area (Å²) in [4.78, 5) is 9.47. The summed E-state index contributed by atoms with van der Waals surface area (Å²) in [7, 11) is 0. The van der Waals surface area contributed by atoms with Crippen LogP contribution >= 0.6 is 11.8 Å². The van der Waals surface area contributed by atoms with Crippen molar-refractivity contribution in [2.45, 2.75) is 30.8 Å². The maximum absolute atomic E-state index is 13.2. The summed E-state index contributed by atoms with van der Waals surface area (Å²) >= 11 is 1.28. The SMILES string of the molecule is Cc1nc(Sc2ccc(F)cc2C(=N)N)nc(C)c1C. The zero-order valence-corrected chi connectivity index (χ0v) is 12.3. The Balaban J connectivity index is 2.42. The van der Waals surface area contributed by atoms with Gasteiger partial charge in [-0.3, -0.25) is 5.41 Å². The van der Waals surface area contributed by atoms with Crippen LogP contribution in [0.1, 0.15) is 22.5 Å². The van der Waals surface area contributed by atoms with Gasteiger partial charge in [0.1, 0.15) is 11.7 Å². The maximum atomic E-state index is 13.2. The van der Waals surface area contributed by atoms with Crippen molar-refractivity contribution >= 4 is 17.6 Å². The molecule has 0 amide bonds. The van der Waals surface area contributed by atoms with Crippen LogP contribution in [0.4, 0.5) is 4.39 Å². The molecule has 0 atom stereocenters. The molecule has 0 bridgehead atoms. The largest absolute Gasteiger partial charge is 0.384 e. The lowest BCUT2D eigenvalue weighted by Gasteiger charge is -2.09. The third kappa shape index (κ3) is 2.96. The summed E-state index contributed by atoms with van der Waals surface area (Å²) < 4.78 is 13.2. The second-order valence-electron chi connectivity index (χ2n) is 4.46. The molecule has 0 aliphatic carbocycles. The standard InChI is InChI=1S/C14H15FN4S/c1-7-8(2)18-14(19-9(7)3)20-12-5-4-10(15)6-11(12)13(16)17/h4-6H,1-3H3,(H3,16,17). The molecule has 1 aromatic heterocycles. The summed E-state index contributed by atoms with van der Waals surface area (Å²) in [5.41, 5.74) is 8.71. The molecule has 0 unspecified atom stereocenters. The molecule has 0 saturated heterocycles. The van der Waals surface area contributed by atoms with Gasteiger partial charge in [-0.25, -0.2) is 14.4 Å². The highest BCUT2D eigenvalue weighted by Gasteiger charge is 2.12. The lowest BCUT2D eigenvalue weighted by atomic mass is 10.2. The number of hydrogen-bond donors (Lipinski definition) is 2. The van der Waals surface area contributed by atoms with Crippen LogP contribution in [-0.2, 0) is 0 Å². The van der Waals surface area contributed by atoms with Crippen molar-refractivity contribution in [3.63, 3.8) is 0 Å². The summed E-state index contributed by atoms with van der Waals surface area (Å²) in [5.74, 6) is -0.593. The van der Waals surface area contributed by atoms with Crippen LogP contribution in [0.25, 0.3) is 0 Å². The highest BCUT2D eigenvalue weighted by atomic mass is 32.2. The number of rotatable bonds is 3. The van der Waals surface area contributed by atoms with Gasteiger partial charge in [-0.1, -0.05) is 0 Å². The van der Waals surface area contributed by atoms with Gasteiger partial charge in [-0.05, 0) is 56.3 Å². The number of halogens is 1. The number of aryl methyl sites for hydroxylation is 2. The van der Waals surface area contributed by atoms with E-state index in [1.165, 1.54) is 23.9 Å². The van der Waals surface area contributed by atoms with E-state index in [4.69, 9.17) is 11.1 Å². The van der Waals surface area contributed by atoms with E-state index in [9.17, 15) is 4.39 Å². The van der Waals surface area contributed by atoms with Crippen molar-refractivity contribution in [2.24, 2.45) is 5.73 Å². The molecule has 3 N–H and O–H groups in total. The van der Waals surface area contributed by atoms with E-state index in [-0.39, 0.29) is 5.84 Å². The van der Waals surface area contributed by atoms with Crippen LogP contribution in [-0.4, -0.2) is 15.8 Å². The number of nitrogen functional groups attached to an aromatic ring is 1. The predicted molar refractivity (Wildman–Crippen MR) is 77.8 cm³/mol. The minimum absolute atomic E-state index is 0.174. The first-order valence-electron chi connectivity index (χ1n) is 6.02. The van der Waals surface area contributed by atoms with Crippen LogP contribution in [0.15, 0.2) is 28.3 Å². The number of hydrogen-bond acceptors (Lipinski definition) is 4. The summed E-state index contributed by atoms with van der Waals surface area (Å²) in [6, 6.07) is 4.17. The Labute approximate surface area is 121 Å². The average molecular weight is 290 g/mol. The molecule has 2 aromatic rings. The van der Waals surface area contributed by atoms with E-state index in [0.717, 1.165) is 17.0 Å². The fourth-order valence-electron chi connectivity index (χ4n) is 1.69. The molecule has 2 rings (SSSR count). The molecule has 0 fully saturated rings. The third-order valence-corrected chi connectivity index (χ3v) is 3.99. The monoisotopic (exact) mass is 290 g/mol. The molecule has 4 nitrogen and oxygen atoms in total. The first kappa shape index (κ1) is 14.5. The molecule has 6 heteroatoms. The fraction of sp³-hybridized carbons (Fsp3) is 0.214. The Morgan fingerprint density at radius 1 is 1.20 bits per heavy atom. The molecule has 0 saturated carbocycles. The van der Waals surface area contributed by atoms with Crippen molar-refractivity contribution in [1.82, 2.24) is 9.97 Å². The Morgan fingerprint density at radius 2 is 1.80 bits per heavy atom. The first-order valence-corrected chi connectivity index (χ1v) is 6.83. The number of nitrogens with two attached hydrogens (primary N) is 1. The van der Waals surface area contributed by atoms with Crippen LogP contribution < -0.4 is 5.73 Å². The fourth-order valence-corrected chi connectivity index (χ4v) is 2.66. The Kier molecular flexibility index (Phi) is 4.04. The molecule has 0 spiro atoms. The normalized spacial score (nSPS) is 10.6. The summed E-state index contributed by atoms with van der Waals surface area (Å²) in [6.07, 6.45) is 0. The second-order valence-corrected chi connectivity index (χ2v) is 5.47. The van der Waals surface area contributed by atoms with E-state index in [1.54, 1.807) is 6.07 Å². The minimum Gasteiger partial charge on any atom is -0.384 e. The summed E-state index contributed by atoms with van der Waals surface area (Å²) in [6.45, 7) is 5.81. The second kappa shape index (κ2) is 5.58. The van der Waals surface area contributed by atoms with Crippen LogP contribution in [0.3, 0.4) is 0 Å². The smallest absolute Gasteiger partial charge is 0.192 e. The van der Waals surface area contributed by atoms with Gasteiger partial charge in [0.05, 0.1) is 0 Å². The van der Waals surface area contributed by atoms with Gasteiger partial charge in [-0.2, -0.15) is 0 Å². The van der Waals surface area contributed by atoms with Crippen molar-refractivity contribution in [3.8, 4) is 0 Å². The number of nitrogens with one attached hydrogen (secondary N) is 1. The number of amidine groups is 1. The van der Waals surface area contributed by atoms with Gasteiger partial charge < -0.3 is 5.73 Å². The van der Waals surface area contributed by atoms with Crippen molar-refractivity contribution in [3.05, 3.63) is 46.5 Å². The van der Waals surface area contributed by atoms with E-state index in [1.807, 2.05) is 20.8 Å². The van der Waals surface area contributed by atoms with Gasteiger partial charge >= 0.3 is 0 Å². The van der Waals surface area contributed by atoms with Gasteiger partial charge in [0, 0.05) is 21.8 Å². The molecule has 0 aliphatic rings. The minimum atomic E-state index is -0.420. The lowest BCUT2D eigenvalue weighted by molar-refractivity contribution is 0.626. The maximum Gasteiger partial charge on any atom is 0.192 e. The zero-order chi connectivity index (χ0) is 14.9. The van der Waals surface area contributed by atoms with Gasteiger partial charge in [0.15, 0.2) is 5.16 Å². The third-order valence-electron chi connectivity index (χ3n) is 3.05. The topological polar surface area (TPSA) is 75.7 Å². The molecule has 1 aromatic carbocycles. The van der Waals surface area contributed by atoms with Gasteiger partial charge in [-0.15, -0.1) is 0 Å². The number of nitrogens with zero attached hydrogens (tertiary/aromatic N) is 2. The first-order chi connectivity index (χ1) is 9.38. The summed E-state index contributed by atoms with van der Waals surface area (Å²) in [5, 5.41) is 8.08. The Bertz CT molecular complexity index is 662. The van der Waals surface area contributed by atoms with Crippen LogP contribution in [0, 0.1) is 32.0 Å². The molecular formula is C14H15FN4S. The number of benzene rings is 1. The van der Waals surface area contributed by atoms with E-state index in [2.05, 4.69) is 9.97 Å². The quantitative estimate of drug-likeness (QED) is 0.517. The number of aromatic nitrogens is 2. The molecule has 0 aliphatic heterocycles. The molecule has 104 valence electrons. The van der Waals surface area contributed by atoms with E-state index in [0.29, 0.717) is 15.6 Å². The lowest BCUT2D eigenvalue weighted by Crippen LogP contribution is -2.12. The molecule has 1 heterocycles. The Morgan fingerprint density at radius 3 is 2.35 bits per heavy atom. The van der Waals surface area contributed by atoms with Gasteiger partial charge in [0.2, 0.25) is 0 Å². The Hall–Kier alpha value is -1.95. The average Bonchev–Trinajstić information content (AvgIpc) is 2.37. The predicted octanol–water partition coefficient (Wildman–Crippen LogP) is 2.98. The highest BCUT2D eigenvalue weighted by molar-refractivity contribution is 7.99. The van der Waals surface area contributed by atoms with Crippen LogP contribution in [0.5, 0.6) is 0 Å². The molecule has 0 radical (unpaired) electrons. The highest BCUT2D eigenvalue weighted by Crippen LogP contribution is 2.29. The van der Waals surface area contributed by atoms with E-state index >= 15 is 0 Å². The van der Waals surface area contributed by atoms with Crippen molar-refractivity contribution in [2.75, 3.05) is 0 Å². The molecule has 20 heavy (non-hydrogen) atoms. The van der Waals surface area contributed by atoms with Gasteiger partial charge in [0.25, 0.3) is 0 Å². The molecular weight excluding hydrogens is 275 g/mol. The zero-order valence-electron chi connectivity index (χ0n) is 11.5. The van der Waals surface area contributed by atoms with E-state index < -0.39 is 5.82 Å².